The van der Waals surface area contributed by atoms with E-state index in [0.29, 0.717) is 24.3 Å². The topological polar surface area (TPSA) is 49.4 Å². The van der Waals surface area contributed by atoms with Crippen molar-refractivity contribution in [2.45, 2.75) is 58.2 Å². The summed E-state index contributed by atoms with van der Waals surface area (Å²) in [6.07, 6.45) is 2.11. The van der Waals surface area contributed by atoms with Gasteiger partial charge in [0.15, 0.2) is 0 Å². The number of aryl methyl sites for hydroxylation is 1. The summed E-state index contributed by atoms with van der Waals surface area (Å²) in [7, 11) is 0. The first kappa shape index (κ1) is 27.4. The molecule has 0 bridgehead atoms. The lowest BCUT2D eigenvalue weighted by Gasteiger charge is -2.32. The highest BCUT2D eigenvalue weighted by atomic mass is 35.5. The lowest BCUT2D eigenvalue weighted by atomic mass is 9.99. The summed E-state index contributed by atoms with van der Waals surface area (Å²) in [6.45, 7) is 4.28. The van der Waals surface area contributed by atoms with Gasteiger partial charge in [-0.3, -0.25) is 9.59 Å². The molecule has 5 heteroatoms. The molecule has 0 aliphatic heterocycles. The highest BCUT2D eigenvalue weighted by Gasteiger charge is 2.31. The van der Waals surface area contributed by atoms with Gasteiger partial charge >= 0.3 is 0 Å². The van der Waals surface area contributed by atoms with Crippen LogP contribution in [0.3, 0.4) is 0 Å². The molecule has 196 valence electrons. The Kier molecular flexibility index (Phi) is 9.56. The number of nitrogens with zero attached hydrogens (tertiary/aromatic N) is 1. The maximum atomic E-state index is 14.0. The highest BCUT2D eigenvalue weighted by molar-refractivity contribution is 6.31. The highest BCUT2D eigenvalue weighted by Crippen LogP contribution is 2.23. The molecule has 0 saturated heterocycles. The molecule has 4 aromatic rings. The first-order valence-electron chi connectivity index (χ1n) is 13.3. The number of nitrogens with one attached hydrogen (secondary N) is 1. The molecule has 1 N–H and O–H groups in total. The molecule has 0 spiro atoms. The summed E-state index contributed by atoms with van der Waals surface area (Å²) in [4.78, 5) is 29.3. The standard InChI is InChI=1S/C33H35ClN2O2/c1-3-24(2)35-33(38)31(22-25-12-5-4-6-13-25)36(23-28-15-8-10-19-30(28)34)32(37)21-20-27-17-11-16-26-14-7-9-18-29(26)27/h4-19,24,31H,3,20-23H2,1-2H3,(H,35,38)/t24-,31+/m1/s1. The zero-order chi connectivity index (χ0) is 26.9. The van der Waals surface area contributed by atoms with Gasteiger partial charge in [-0.15, -0.1) is 0 Å². The van der Waals surface area contributed by atoms with Crippen molar-refractivity contribution < 1.29 is 9.59 Å². The van der Waals surface area contributed by atoms with Crippen LogP contribution in [0.4, 0.5) is 0 Å². The van der Waals surface area contributed by atoms with E-state index in [1.165, 1.54) is 0 Å². The molecule has 0 saturated carbocycles. The molecule has 0 heterocycles. The van der Waals surface area contributed by atoms with Gasteiger partial charge in [0.2, 0.25) is 11.8 Å². The Labute approximate surface area is 230 Å². The van der Waals surface area contributed by atoms with Gasteiger partial charge in [0.25, 0.3) is 0 Å². The van der Waals surface area contributed by atoms with Crippen LogP contribution < -0.4 is 5.32 Å². The summed E-state index contributed by atoms with van der Waals surface area (Å²) in [5, 5.41) is 6.00. The van der Waals surface area contributed by atoms with Gasteiger partial charge in [0.1, 0.15) is 6.04 Å². The Bertz CT molecular complexity index is 1370. The summed E-state index contributed by atoms with van der Waals surface area (Å²) < 4.78 is 0. The fourth-order valence-electron chi connectivity index (χ4n) is 4.70. The maximum absolute atomic E-state index is 14.0. The molecule has 0 aliphatic carbocycles. The SMILES string of the molecule is CC[C@@H](C)NC(=O)[C@H](Cc1ccccc1)N(Cc1ccccc1Cl)C(=O)CCc1cccc2ccccc12. The molecule has 0 fully saturated rings. The molecule has 4 aromatic carbocycles. The third-order valence-electron chi connectivity index (χ3n) is 7.06. The van der Waals surface area contributed by atoms with Crippen LogP contribution in [0.25, 0.3) is 10.8 Å². The number of benzene rings is 4. The molecule has 4 nitrogen and oxygen atoms in total. The van der Waals surface area contributed by atoms with Gasteiger partial charge in [-0.1, -0.05) is 110 Å². The summed E-state index contributed by atoms with van der Waals surface area (Å²) in [6, 6.07) is 31.1. The van der Waals surface area contributed by atoms with Crippen molar-refractivity contribution in [1.29, 1.82) is 0 Å². The van der Waals surface area contributed by atoms with Crippen LogP contribution in [0.5, 0.6) is 0 Å². The second kappa shape index (κ2) is 13.3. The number of hydrogen-bond acceptors (Lipinski definition) is 2. The van der Waals surface area contributed by atoms with Gasteiger partial charge < -0.3 is 10.2 Å². The summed E-state index contributed by atoms with van der Waals surface area (Å²) >= 11 is 6.52. The van der Waals surface area contributed by atoms with Crippen LogP contribution in [0, 0.1) is 0 Å². The van der Waals surface area contributed by atoms with Crippen LogP contribution in [-0.2, 0) is 29.0 Å². The maximum Gasteiger partial charge on any atom is 0.243 e. The second-order valence-electron chi connectivity index (χ2n) is 9.77. The lowest BCUT2D eigenvalue weighted by molar-refractivity contribution is -0.141. The van der Waals surface area contributed by atoms with Crippen molar-refractivity contribution in [3.63, 3.8) is 0 Å². The van der Waals surface area contributed by atoms with E-state index in [2.05, 4.69) is 29.6 Å². The minimum Gasteiger partial charge on any atom is -0.352 e. The molecule has 2 amide bonds. The molecular weight excluding hydrogens is 492 g/mol. The number of rotatable bonds is 11. The van der Waals surface area contributed by atoms with E-state index < -0.39 is 6.04 Å². The predicted molar refractivity (Wildman–Crippen MR) is 156 cm³/mol. The van der Waals surface area contributed by atoms with E-state index in [1.807, 2.05) is 86.6 Å². The zero-order valence-electron chi connectivity index (χ0n) is 22.1. The Morgan fingerprint density at radius 2 is 1.50 bits per heavy atom. The Balaban J connectivity index is 1.66. The van der Waals surface area contributed by atoms with E-state index in [4.69, 9.17) is 11.6 Å². The first-order chi connectivity index (χ1) is 18.5. The smallest absolute Gasteiger partial charge is 0.243 e. The fraction of sp³-hybridized carbons (Fsp3) is 0.273. The molecule has 2 atom stereocenters. The molecule has 0 unspecified atom stereocenters. The molecule has 4 rings (SSSR count). The quantitative estimate of drug-likeness (QED) is 0.229. The fourth-order valence-corrected chi connectivity index (χ4v) is 4.90. The summed E-state index contributed by atoms with van der Waals surface area (Å²) in [5.41, 5.74) is 2.95. The normalized spacial score (nSPS) is 12.6. The number of fused-ring (bicyclic) bond motifs is 1. The van der Waals surface area contributed by atoms with Gasteiger partial charge in [-0.25, -0.2) is 0 Å². The predicted octanol–water partition coefficient (Wildman–Crippen LogP) is 6.98. The van der Waals surface area contributed by atoms with E-state index in [-0.39, 0.29) is 24.4 Å². The van der Waals surface area contributed by atoms with Crippen molar-refractivity contribution in [1.82, 2.24) is 10.2 Å². The van der Waals surface area contributed by atoms with Crippen molar-refractivity contribution in [2.75, 3.05) is 0 Å². The van der Waals surface area contributed by atoms with Gasteiger partial charge in [-0.05, 0) is 53.3 Å². The number of halogens is 1. The largest absolute Gasteiger partial charge is 0.352 e. The van der Waals surface area contributed by atoms with Crippen LogP contribution in [-0.4, -0.2) is 28.8 Å². The van der Waals surface area contributed by atoms with Crippen LogP contribution in [0.1, 0.15) is 43.4 Å². The lowest BCUT2D eigenvalue weighted by Crippen LogP contribution is -2.52. The Morgan fingerprint density at radius 3 is 2.26 bits per heavy atom. The van der Waals surface area contributed by atoms with E-state index in [9.17, 15) is 9.59 Å². The Hall–Kier alpha value is -3.63. The second-order valence-corrected chi connectivity index (χ2v) is 10.2. The number of carbonyl (C=O) groups is 2. The van der Waals surface area contributed by atoms with Crippen LogP contribution in [0.2, 0.25) is 5.02 Å². The van der Waals surface area contributed by atoms with Crippen LogP contribution >= 0.6 is 11.6 Å². The van der Waals surface area contributed by atoms with Crippen LogP contribution in [0.15, 0.2) is 97.1 Å². The van der Waals surface area contributed by atoms with Crippen molar-refractivity contribution in [3.05, 3.63) is 119 Å². The van der Waals surface area contributed by atoms with Gasteiger partial charge in [0, 0.05) is 30.5 Å². The van der Waals surface area contributed by atoms with Crippen molar-refractivity contribution >= 4 is 34.2 Å². The van der Waals surface area contributed by atoms with Gasteiger partial charge in [-0.2, -0.15) is 0 Å². The minimum atomic E-state index is -0.664. The third kappa shape index (κ3) is 7.02. The number of carbonyl (C=O) groups excluding carboxylic acids is 2. The van der Waals surface area contributed by atoms with E-state index in [0.717, 1.165) is 33.9 Å². The molecule has 0 aromatic heterocycles. The molecule has 0 aliphatic rings. The molecule has 0 radical (unpaired) electrons. The first-order valence-corrected chi connectivity index (χ1v) is 13.7. The zero-order valence-corrected chi connectivity index (χ0v) is 22.8. The van der Waals surface area contributed by atoms with Crippen molar-refractivity contribution in [2.24, 2.45) is 0 Å². The Morgan fingerprint density at radius 1 is 0.842 bits per heavy atom. The van der Waals surface area contributed by atoms with Gasteiger partial charge in [0.05, 0.1) is 0 Å². The minimum absolute atomic E-state index is 0.00808. The van der Waals surface area contributed by atoms with E-state index in [1.54, 1.807) is 4.90 Å². The molecular formula is C33H35ClN2O2. The third-order valence-corrected chi connectivity index (χ3v) is 7.43. The number of hydrogen-bond donors (Lipinski definition) is 1. The monoisotopic (exact) mass is 526 g/mol. The average molecular weight is 527 g/mol. The van der Waals surface area contributed by atoms with E-state index >= 15 is 0 Å². The number of amides is 2. The average Bonchev–Trinajstić information content (AvgIpc) is 2.94. The molecule has 38 heavy (non-hydrogen) atoms. The summed E-state index contributed by atoms with van der Waals surface area (Å²) in [5.74, 6) is -0.216. The van der Waals surface area contributed by atoms with Crippen molar-refractivity contribution in [3.8, 4) is 0 Å².